The molecule has 1 heterocycles. The molecule has 0 saturated heterocycles. The molecule has 2 N–H and O–H groups in total. The molecule has 0 bridgehead atoms. The van der Waals surface area contributed by atoms with Crippen molar-refractivity contribution in [2.24, 2.45) is 0 Å². The zero-order chi connectivity index (χ0) is 13.1. The zero-order valence-corrected chi connectivity index (χ0v) is 11.2. The lowest BCUT2D eigenvalue weighted by Crippen LogP contribution is -2.20. The van der Waals surface area contributed by atoms with E-state index in [1.165, 1.54) is 4.68 Å². The summed E-state index contributed by atoms with van der Waals surface area (Å²) >= 11 is 5.94. The van der Waals surface area contributed by atoms with Crippen molar-refractivity contribution in [2.45, 2.75) is 13.3 Å². The summed E-state index contributed by atoms with van der Waals surface area (Å²) in [6.45, 7) is 2.69. The van der Waals surface area contributed by atoms with Gasteiger partial charge in [-0.15, -0.1) is 0 Å². The molecule has 1 aromatic heterocycles. The van der Waals surface area contributed by atoms with Crippen LogP contribution >= 0.6 is 11.6 Å². The van der Waals surface area contributed by atoms with Crippen LogP contribution in [0.3, 0.4) is 0 Å². The molecular formula is C13H16ClN3O. The Morgan fingerprint density at radius 2 is 2.22 bits per heavy atom. The highest BCUT2D eigenvalue weighted by Crippen LogP contribution is 2.13. The van der Waals surface area contributed by atoms with E-state index < -0.39 is 0 Å². The maximum absolute atomic E-state index is 12.3. The van der Waals surface area contributed by atoms with Gasteiger partial charge in [0.15, 0.2) is 0 Å². The van der Waals surface area contributed by atoms with E-state index in [2.05, 4.69) is 10.4 Å². The molecule has 0 amide bonds. The first kappa shape index (κ1) is 12.9. The molecule has 1 aromatic carbocycles. The maximum atomic E-state index is 12.3. The van der Waals surface area contributed by atoms with Crippen molar-refractivity contribution in [3.8, 4) is 5.69 Å². The van der Waals surface area contributed by atoms with E-state index in [0.717, 1.165) is 23.5 Å². The predicted octanol–water partition coefficient (Wildman–Crippen LogP) is 1.89. The first-order valence-corrected chi connectivity index (χ1v) is 6.22. The molecule has 18 heavy (non-hydrogen) atoms. The SMILES string of the molecule is CNCCc1c(C)[nH]n(-c2cccc(Cl)c2)c1=O. The van der Waals surface area contributed by atoms with E-state index >= 15 is 0 Å². The second-order valence-electron chi connectivity index (χ2n) is 4.19. The summed E-state index contributed by atoms with van der Waals surface area (Å²) in [6.07, 6.45) is 0.714. The Morgan fingerprint density at radius 1 is 1.44 bits per heavy atom. The highest BCUT2D eigenvalue weighted by Gasteiger charge is 2.11. The summed E-state index contributed by atoms with van der Waals surface area (Å²) in [5, 5.41) is 6.74. The summed E-state index contributed by atoms with van der Waals surface area (Å²) in [4.78, 5) is 12.3. The molecule has 0 fully saturated rings. The van der Waals surface area contributed by atoms with Crippen molar-refractivity contribution in [3.05, 3.63) is 50.9 Å². The van der Waals surface area contributed by atoms with E-state index in [0.29, 0.717) is 11.4 Å². The number of hydrogen-bond donors (Lipinski definition) is 2. The minimum atomic E-state index is -0.00924. The molecule has 0 spiro atoms. The van der Waals surface area contributed by atoms with Gasteiger partial charge in [0.2, 0.25) is 0 Å². The number of rotatable bonds is 4. The minimum Gasteiger partial charge on any atom is -0.319 e. The quantitative estimate of drug-likeness (QED) is 0.887. The third-order valence-corrected chi connectivity index (χ3v) is 3.12. The first-order chi connectivity index (χ1) is 8.63. The van der Waals surface area contributed by atoms with Gasteiger partial charge in [-0.1, -0.05) is 17.7 Å². The molecule has 2 aromatic rings. The van der Waals surface area contributed by atoms with E-state index in [1.807, 2.05) is 26.1 Å². The Labute approximate surface area is 111 Å². The molecule has 96 valence electrons. The van der Waals surface area contributed by atoms with Crippen molar-refractivity contribution in [1.29, 1.82) is 0 Å². The van der Waals surface area contributed by atoms with Gasteiger partial charge in [-0.2, -0.15) is 0 Å². The van der Waals surface area contributed by atoms with E-state index in [1.54, 1.807) is 12.1 Å². The van der Waals surface area contributed by atoms with Crippen molar-refractivity contribution < 1.29 is 0 Å². The van der Waals surface area contributed by atoms with Crippen LogP contribution in [0.5, 0.6) is 0 Å². The Kier molecular flexibility index (Phi) is 3.89. The van der Waals surface area contributed by atoms with Crippen molar-refractivity contribution >= 4 is 11.6 Å². The number of aromatic nitrogens is 2. The summed E-state index contributed by atoms with van der Waals surface area (Å²) < 4.78 is 1.53. The lowest BCUT2D eigenvalue weighted by atomic mass is 10.2. The molecule has 0 atom stereocenters. The highest BCUT2D eigenvalue weighted by atomic mass is 35.5. The summed E-state index contributed by atoms with van der Waals surface area (Å²) in [7, 11) is 1.87. The molecular weight excluding hydrogens is 250 g/mol. The van der Waals surface area contributed by atoms with Gasteiger partial charge in [0.05, 0.1) is 5.69 Å². The molecule has 0 radical (unpaired) electrons. The second-order valence-corrected chi connectivity index (χ2v) is 4.63. The average Bonchev–Trinajstić information content (AvgIpc) is 2.63. The molecule has 4 nitrogen and oxygen atoms in total. The Balaban J connectivity index is 2.44. The standard InChI is InChI=1S/C13H16ClN3O/c1-9-12(6-7-15-2)13(18)17(16-9)11-5-3-4-10(14)8-11/h3-5,8,15-16H,6-7H2,1-2H3. The molecule has 0 saturated carbocycles. The zero-order valence-electron chi connectivity index (χ0n) is 10.5. The van der Waals surface area contributed by atoms with Gasteiger partial charge in [0.25, 0.3) is 5.56 Å². The Bertz CT molecular complexity index is 601. The molecule has 0 aliphatic carbocycles. The van der Waals surface area contributed by atoms with Gasteiger partial charge < -0.3 is 5.32 Å². The fraction of sp³-hybridized carbons (Fsp3) is 0.308. The monoisotopic (exact) mass is 265 g/mol. The third-order valence-electron chi connectivity index (χ3n) is 2.88. The first-order valence-electron chi connectivity index (χ1n) is 5.84. The largest absolute Gasteiger partial charge is 0.319 e. The molecule has 5 heteroatoms. The van der Waals surface area contributed by atoms with Crippen LogP contribution in [-0.4, -0.2) is 23.4 Å². The van der Waals surface area contributed by atoms with Crippen LogP contribution in [0.4, 0.5) is 0 Å². The third kappa shape index (κ3) is 2.49. The number of aromatic amines is 1. The highest BCUT2D eigenvalue weighted by molar-refractivity contribution is 6.30. The van der Waals surface area contributed by atoms with Crippen LogP contribution in [0, 0.1) is 6.92 Å². The maximum Gasteiger partial charge on any atom is 0.274 e. The summed E-state index contributed by atoms with van der Waals surface area (Å²) in [5.41, 5.74) is 2.45. The van der Waals surface area contributed by atoms with Gasteiger partial charge in [-0.05, 0) is 45.1 Å². The van der Waals surface area contributed by atoms with Crippen molar-refractivity contribution in [1.82, 2.24) is 15.1 Å². The number of nitrogens with zero attached hydrogens (tertiary/aromatic N) is 1. The van der Waals surface area contributed by atoms with Crippen LogP contribution < -0.4 is 10.9 Å². The van der Waals surface area contributed by atoms with Gasteiger partial charge >= 0.3 is 0 Å². The van der Waals surface area contributed by atoms with E-state index in [-0.39, 0.29) is 5.56 Å². The lowest BCUT2D eigenvalue weighted by Gasteiger charge is -2.01. The van der Waals surface area contributed by atoms with E-state index in [9.17, 15) is 4.79 Å². The minimum absolute atomic E-state index is 0.00924. The molecule has 0 unspecified atom stereocenters. The summed E-state index contributed by atoms with van der Waals surface area (Å²) in [6, 6.07) is 7.23. The van der Waals surface area contributed by atoms with Crippen LogP contribution in [0.25, 0.3) is 5.69 Å². The van der Waals surface area contributed by atoms with Gasteiger partial charge in [0.1, 0.15) is 0 Å². The normalized spacial score (nSPS) is 10.8. The predicted molar refractivity (Wildman–Crippen MR) is 73.8 cm³/mol. The average molecular weight is 266 g/mol. The second kappa shape index (κ2) is 5.42. The Morgan fingerprint density at radius 3 is 2.89 bits per heavy atom. The van der Waals surface area contributed by atoms with Gasteiger partial charge in [-0.3, -0.25) is 9.89 Å². The Hall–Kier alpha value is -1.52. The number of nitrogens with one attached hydrogen (secondary N) is 2. The van der Waals surface area contributed by atoms with Gasteiger partial charge in [-0.25, -0.2) is 4.68 Å². The number of aryl methyl sites for hydroxylation is 1. The number of likely N-dealkylation sites (N-methyl/N-ethyl adjacent to an activating group) is 1. The van der Waals surface area contributed by atoms with Crippen LogP contribution in [0.2, 0.25) is 5.02 Å². The number of benzene rings is 1. The number of halogens is 1. The molecule has 0 aliphatic heterocycles. The fourth-order valence-electron chi connectivity index (χ4n) is 1.92. The summed E-state index contributed by atoms with van der Waals surface area (Å²) in [5.74, 6) is 0. The molecule has 0 aliphatic rings. The van der Waals surface area contributed by atoms with E-state index in [4.69, 9.17) is 11.6 Å². The van der Waals surface area contributed by atoms with Crippen molar-refractivity contribution in [2.75, 3.05) is 13.6 Å². The van der Waals surface area contributed by atoms with Crippen molar-refractivity contribution in [3.63, 3.8) is 0 Å². The van der Waals surface area contributed by atoms with Crippen LogP contribution in [0.1, 0.15) is 11.3 Å². The molecule has 2 rings (SSSR count). The van der Waals surface area contributed by atoms with Gasteiger partial charge in [0, 0.05) is 16.3 Å². The number of H-pyrrole nitrogens is 1. The van der Waals surface area contributed by atoms with Crippen LogP contribution in [-0.2, 0) is 6.42 Å². The van der Waals surface area contributed by atoms with Crippen LogP contribution in [0.15, 0.2) is 29.1 Å². The smallest absolute Gasteiger partial charge is 0.274 e. The number of hydrogen-bond acceptors (Lipinski definition) is 2. The fourth-order valence-corrected chi connectivity index (χ4v) is 2.11. The lowest BCUT2D eigenvalue weighted by molar-refractivity contribution is 0.783. The topological polar surface area (TPSA) is 49.8 Å².